The van der Waals surface area contributed by atoms with Crippen LogP contribution in [0.4, 0.5) is 5.69 Å². The van der Waals surface area contributed by atoms with Crippen LogP contribution in [0.2, 0.25) is 0 Å². The van der Waals surface area contributed by atoms with E-state index in [1.807, 2.05) is 12.1 Å². The molecule has 1 heterocycles. The first kappa shape index (κ1) is 14.8. The van der Waals surface area contributed by atoms with Crippen molar-refractivity contribution >= 4 is 17.5 Å². The Labute approximate surface area is 122 Å². The van der Waals surface area contributed by atoms with Crippen LogP contribution in [0.5, 0.6) is 0 Å². The summed E-state index contributed by atoms with van der Waals surface area (Å²) in [6.45, 7) is 4.78. The van der Waals surface area contributed by atoms with Crippen molar-refractivity contribution in [2.45, 2.75) is 26.8 Å². The van der Waals surface area contributed by atoms with E-state index in [0.29, 0.717) is 11.6 Å². The molecule has 0 saturated heterocycles. The largest absolute Gasteiger partial charge is 0.449 e. The van der Waals surface area contributed by atoms with Crippen LogP contribution in [0.3, 0.4) is 0 Å². The van der Waals surface area contributed by atoms with Crippen LogP contribution in [-0.2, 0) is 9.59 Å². The quantitative estimate of drug-likeness (QED) is 0.902. The maximum atomic E-state index is 11.9. The maximum Gasteiger partial charge on any atom is 0.246 e. The molecule has 2 N–H and O–H groups in total. The minimum atomic E-state index is -0.583. The molecule has 0 spiro atoms. The van der Waals surface area contributed by atoms with Gasteiger partial charge >= 0.3 is 0 Å². The highest BCUT2D eigenvalue weighted by atomic mass is 16.3. The Balaban J connectivity index is 2.02. The first-order valence-corrected chi connectivity index (χ1v) is 6.56. The van der Waals surface area contributed by atoms with Gasteiger partial charge in [-0.2, -0.15) is 0 Å². The van der Waals surface area contributed by atoms with E-state index >= 15 is 0 Å². The predicted octanol–water partition coefficient (Wildman–Crippen LogP) is 2.11. The molecule has 0 saturated carbocycles. The molecule has 0 bridgehead atoms. The number of hydrogen-bond donors (Lipinski definition) is 2. The van der Waals surface area contributed by atoms with Gasteiger partial charge in [0.2, 0.25) is 11.8 Å². The number of hydrogen-bond acceptors (Lipinski definition) is 4. The molecule has 1 atom stereocenters. The van der Waals surface area contributed by atoms with Crippen LogP contribution < -0.4 is 10.6 Å². The zero-order valence-electron chi connectivity index (χ0n) is 12.1. The molecule has 0 aliphatic rings. The van der Waals surface area contributed by atoms with Gasteiger partial charge in [0, 0.05) is 25.1 Å². The van der Waals surface area contributed by atoms with Crippen molar-refractivity contribution in [2.75, 3.05) is 5.32 Å². The second-order valence-corrected chi connectivity index (χ2v) is 4.74. The Morgan fingerprint density at radius 1 is 1.24 bits per heavy atom. The number of carbonyl (C=O) groups is 2. The topological polar surface area (TPSA) is 84.2 Å². The molecule has 1 aromatic carbocycles. The van der Waals surface area contributed by atoms with E-state index in [2.05, 4.69) is 15.6 Å². The van der Waals surface area contributed by atoms with E-state index in [4.69, 9.17) is 4.42 Å². The molecule has 0 fully saturated rings. The number of benzene rings is 1. The molecule has 2 amide bonds. The maximum absolute atomic E-state index is 11.9. The third-order valence-electron chi connectivity index (χ3n) is 2.88. The molecule has 1 aromatic heterocycles. The number of nitrogens with zero attached hydrogens (tertiary/aromatic N) is 1. The van der Waals surface area contributed by atoms with Crippen LogP contribution in [0.25, 0.3) is 11.3 Å². The van der Waals surface area contributed by atoms with Crippen molar-refractivity contribution in [3.05, 3.63) is 36.4 Å². The lowest BCUT2D eigenvalue weighted by molar-refractivity contribution is -0.124. The average molecular weight is 287 g/mol. The van der Waals surface area contributed by atoms with Gasteiger partial charge in [-0.05, 0) is 19.1 Å². The van der Waals surface area contributed by atoms with Gasteiger partial charge in [-0.25, -0.2) is 4.98 Å². The van der Waals surface area contributed by atoms with E-state index < -0.39 is 6.04 Å². The summed E-state index contributed by atoms with van der Waals surface area (Å²) in [5.41, 5.74) is 2.30. The number of anilines is 1. The Hall–Kier alpha value is -2.63. The summed E-state index contributed by atoms with van der Waals surface area (Å²) in [5, 5.41) is 5.26. The fourth-order valence-corrected chi connectivity index (χ4v) is 1.84. The molecule has 0 aliphatic carbocycles. The fraction of sp³-hybridized carbons (Fsp3) is 0.267. The molecule has 0 aliphatic heterocycles. The minimum absolute atomic E-state index is 0.241. The number of aromatic nitrogens is 1. The fourth-order valence-electron chi connectivity index (χ4n) is 1.84. The van der Waals surface area contributed by atoms with E-state index in [1.54, 1.807) is 32.2 Å². The van der Waals surface area contributed by atoms with Crippen LogP contribution in [0.15, 0.2) is 34.9 Å². The lowest BCUT2D eigenvalue weighted by Gasteiger charge is -2.12. The highest BCUT2D eigenvalue weighted by Gasteiger charge is 2.13. The van der Waals surface area contributed by atoms with Crippen molar-refractivity contribution in [1.29, 1.82) is 0 Å². The number of nitrogens with one attached hydrogen (secondary N) is 2. The molecule has 110 valence electrons. The second-order valence-electron chi connectivity index (χ2n) is 4.74. The van der Waals surface area contributed by atoms with Gasteiger partial charge in [0.15, 0.2) is 5.89 Å². The monoisotopic (exact) mass is 287 g/mol. The average Bonchev–Trinajstić information content (AvgIpc) is 2.85. The molecule has 2 aromatic rings. The number of carbonyl (C=O) groups excluding carboxylic acids is 2. The molecular formula is C15H17N3O3. The van der Waals surface area contributed by atoms with Gasteiger partial charge < -0.3 is 15.1 Å². The van der Waals surface area contributed by atoms with Crippen LogP contribution in [0, 0.1) is 6.92 Å². The van der Waals surface area contributed by atoms with Crippen molar-refractivity contribution in [1.82, 2.24) is 10.3 Å². The first-order valence-electron chi connectivity index (χ1n) is 6.56. The molecule has 21 heavy (non-hydrogen) atoms. The molecule has 0 radical (unpaired) electrons. The van der Waals surface area contributed by atoms with E-state index in [9.17, 15) is 9.59 Å². The lowest BCUT2D eigenvalue weighted by Crippen LogP contribution is -2.40. The van der Waals surface area contributed by atoms with Crippen molar-refractivity contribution in [3.8, 4) is 11.3 Å². The molecule has 6 nitrogen and oxygen atoms in total. The van der Waals surface area contributed by atoms with Crippen molar-refractivity contribution in [3.63, 3.8) is 0 Å². The number of aryl methyl sites for hydroxylation is 1. The van der Waals surface area contributed by atoms with Gasteiger partial charge in [-0.15, -0.1) is 0 Å². The first-order chi connectivity index (χ1) is 9.95. The lowest BCUT2D eigenvalue weighted by atomic mass is 10.1. The molecule has 2 rings (SSSR count). The summed E-state index contributed by atoms with van der Waals surface area (Å²) in [4.78, 5) is 27.0. The van der Waals surface area contributed by atoms with Crippen LogP contribution in [0.1, 0.15) is 19.7 Å². The summed E-state index contributed by atoms with van der Waals surface area (Å²) in [7, 11) is 0. The Morgan fingerprint density at radius 2 is 1.90 bits per heavy atom. The van der Waals surface area contributed by atoms with Crippen LogP contribution in [-0.4, -0.2) is 22.8 Å². The third kappa shape index (κ3) is 3.92. The van der Waals surface area contributed by atoms with E-state index in [-0.39, 0.29) is 11.8 Å². The highest BCUT2D eigenvalue weighted by Crippen LogP contribution is 2.20. The summed E-state index contributed by atoms with van der Waals surface area (Å²) in [6.07, 6.45) is 1.59. The molecule has 0 unspecified atom stereocenters. The molecular weight excluding hydrogens is 270 g/mol. The second kappa shape index (κ2) is 6.21. The summed E-state index contributed by atoms with van der Waals surface area (Å²) >= 11 is 0. The van der Waals surface area contributed by atoms with Gasteiger partial charge in [0.25, 0.3) is 0 Å². The number of amides is 2. The third-order valence-corrected chi connectivity index (χ3v) is 2.88. The summed E-state index contributed by atoms with van der Waals surface area (Å²) in [5.74, 6) is 0.0936. The van der Waals surface area contributed by atoms with E-state index in [0.717, 1.165) is 11.3 Å². The zero-order chi connectivity index (χ0) is 15.4. The Morgan fingerprint density at radius 3 is 2.43 bits per heavy atom. The summed E-state index contributed by atoms with van der Waals surface area (Å²) < 4.78 is 5.16. The van der Waals surface area contributed by atoms with Crippen molar-refractivity contribution < 1.29 is 14.0 Å². The predicted molar refractivity (Wildman–Crippen MR) is 78.6 cm³/mol. The molecule has 6 heteroatoms. The normalized spacial score (nSPS) is 11.8. The smallest absolute Gasteiger partial charge is 0.246 e. The van der Waals surface area contributed by atoms with Gasteiger partial charge in [0.1, 0.15) is 18.0 Å². The van der Waals surface area contributed by atoms with Crippen molar-refractivity contribution in [2.24, 2.45) is 0 Å². The van der Waals surface area contributed by atoms with Gasteiger partial charge in [0.05, 0.1) is 0 Å². The Bertz CT molecular complexity index is 646. The summed E-state index contributed by atoms with van der Waals surface area (Å²) in [6, 6.07) is 6.65. The van der Waals surface area contributed by atoms with Crippen LogP contribution >= 0.6 is 0 Å². The number of rotatable bonds is 4. The highest BCUT2D eigenvalue weighted by molar-refractivity contribution is 5.96. The standard InChI is InChI=1S/C15H17N3O3/c1-9(16-10(2)19)15(20)18-13-6-4-12(5-7-13)14-8-21-11(3)17-14/h4-9H,1-3H3,(H,16,19)(H,18,20)/t9-/m1/s1. The van der Waals surface area contributed by atoms with Gasteiger partial charge in [-0.3, -0.25) is 9.59 Å². The Kier molecular flexibility index (Phi) is 4.37. The van der Waals surface area contributed by atoms with E-state index in [1.165, 1.54) is 6.92 Å². The SMILES string of the molecule is CC(=O)N[C@H](C)C(=O)Nc1ccc(-c2coc(C)n2)cc1. The number of oxazole rings is 1. The minimum Gasteiger partial charge on any atom is -0.449 e. The van der Waals surface area contributed by atoms with Gasteiger partial charge in [-0.1, -0.05) is 12.1 Å². The zero-order valence-corrected chi connectivity index (χ0v) is 12.1.